The molecule has 1 atom stereocenters. The van der Waals surface area contributed by atoms with Crippen LogP contribution in [0.4, 0.5) is 11.5 Å². The van der Waals surface area contributed by atoms with Gasteiger partial charge in [0, 0.05) is 18.3 Å². The van der Waals surface area contributed by atoms with Crippen molar-refractivity contribution in [3.63, 3.8) is 0 Å². The van der Waals surface area contributed by atoms with Gasteiger partial charge >= 0.3 is 0 Å². The van der Waals surface area contributed by atoms with Crippen molar-refractivity contribution in [2.75, 3.05) is 16.8 Å². The van der Waals surface area contributed by atoms with E-state index in [0.29, 0.717) is 18.1 Å². The minimum absolute atomic E-state index is 0.111. The van der Waals surface area contributed by atoms with Gasteiger partial charge in [0.05, 0.1) is 0 Å². The molecule has 1 aromatic carbocycles. The molecule has 1 aromatic heterocycles. The molecule has 22 heavy (non-hydrogen) atoms. The summed E-state index contributed by atoms with van der Waals surface area (Å²) in [4.78, 5) is 14.5. The molecular weight excluding hydrogens is 276 g/mol. The van der Waals surface area contributed by atoms with E-state index in [1.165, 1.54) is 5.56 Å². The number of anilines is 2. The number of carbonyl (C=O) groups excluding carboxylic acids is 1. The zero-order valence-corrected chi connectivity index (χ0v) is 12.5. The number of carbonyl (C=O) groups is 1. The Hall–Kier alpha value is -2.69. The van der Waals surface area contributed by atoms with Crippen molar-refractivity contribution in [2.45, 2.75) is 19.4 Å². The van der Waals surface area contributed by atoms with Crippen LogP contribution in [0.25, 0.3) is 0 Å². The van der Waals surface area contributed by atoms with Crippen LogP contribution in [0.2, 0.25) is 0 Å². The van der Waals surface area contributed by atoms with Crippen LogP contribution in [0.15, 0.2) is 49.1 Å². The van der Waals surface area contributed by atoms with E-state index < -0.39 is 0 Å². The minimum Gasteiger partial charge on any atom is -0.365 e. The zero-order valence-electron chi connectivity index (χ0n) is 12.5. The fourth-order valence-electron chi connectivity index (χ4n) is 2.72. The fourth-order valence-corrected chi connectivity index (χ4v) is 2.72. The second-order valence-electron chi connectivity index (χ2n) is 5.33. The van der Waals surface area contributed by atoms with E-state index in [1.54, 1.807) is 23.1 Å². The topological polar surface area (TPSA) is 58.1 Å². The van der Waals surface area contributed by atoms with Crippen LogP contribution in [0.5, 0.6) is 0 Å². The lowest BCUT2D eigenvalue weighted by atomic mass is 10.1. The minimum atomic E-state index is -0.111. The second kappa shape index (κ2) is 5.97. The Balaban J connectivity index is 1.83. The van der Waals surface area contributed by atoms with Crippen LogP contribution in [0.1, 0.15) is 23.0 Å². The first kappa shape index (κ1) is 14.3. The van der Waals surface area contributed by atoms with Gasteiger partial charge in [-0.2, -0.15) is 0 Å². The lowest BCUT2D eigenvalue weighted by Gasteiger charge is -2.22. The molecule has 0 saturated carbocycles. The Bertz CT molecular complexity index is 696. The number of amides is 1. The second-order valence-corrected chi connectivity index (χ2v) is 5.33. The number of rotatable bonds is 4. The lowest BCUT2D eigenvalue weighted by Crippen LogP contribution is -2.36. The van der Waals surface area contributed by atoms with Gasteiger partial charge in [-0.05, 0) is 37.1 Å². The third-order valence-electron chi connectivity index (χ3n) is 3.74. The highest BCUT2D eigenvalue weighted by Gasteiger charge is 2.31. The molecule has 112 valence electrons. The summed E-state index contributed by atoms with van der Waals surface area (Å²) in [6, 6.07) is 11.6. The Morgan fingerprint density at radius 1 is 1.36 bits per heavy atom. The van der Waals surface area contributed by atoms with Crippen LogP contribution in [0, 0.1) is 0 Å². The fraction of sp³-hybridized carbons (Fsp3) is 0.235. The van der Waals surface area contributed by atoms with Gasteiger partial charge in [0.2, 0.25) is 0 Å². The van der Waals surface area contributed by atoms with Gasteiger partial charge in [0.15, 0.2) is 5.69 Å². The van der Waals surface area contributed by atoms with Gasteiger partial charge < -0.3 is 10.2 Å². The van der Waals surface area contributed by atoms with Crippen LogP contribution >= 0.6 is 0 Å². The maximum atomic E-state index is 12.7. The molecule has 0 bridgehead atoms. The number of hydrogen-bond acceptors (Lipinski definition) is 4. The predicted molar refractivity (Wildman–Crippen MR) is 87.1 cm³/mol. The SMILES string of the molecule is C=CCNc1ccc(C(=O)N2c3ccccc3CC2C)nn1. The summed E-state index contributed by atoms with van der Waals surface area (Å²) in [6.45, 7) is 6.29. The first-order valence-corrected chi connectivity index (χ1v) is 7.30. The number of nitrogens with one attached hydrogen (secondary N) is 1. The van der Waals surface area contributed by atoms with Gasteiger partial charge in [-0.15, -0.1) is 16.8 Å². The van der Waals surface area contributed by atoms with Gasteiger partial charge in [-0.3, -0.25) is 4.79 Å². The number of hydrogen-bond donors (Lipinski definition) is 1. The van der Waals surface area contributed by atoms with Gasteiger partial charge in [0.1, 0.15) is 5.82 Å². The highest BCUT2D eigenvalue weighted by molar-refractivity contribution is 6.06. The van der Waals surface area contributed by atoms with E-state index in [9.17, 15) is 4.79 Å². The monoisotopic (exact) mass is 294 g/mol. The third kappa shape index (κ3) is 2.57. The molecular formula is C17H18N4O. The standard InChI is InChI=1S/C17H18N4O/c1-3-10-18-16-9-8-14(19-20-16)17(22)21-12(2)11-13-6-4-5-7-15(13)21/h3-9,12H,1,10-11H2,2H3,(H,18,20). The van der Waals surface area contributed by atoms with E-state index >= 15 is 0 Å². The molecule has 1 unspecified atom stereocenters. The molecule has 0 radical (unpaired) electrons. The summed E-state index contributed by atoms with van der Waals surface area (Å²) < 4.78 is 0. The number of para-hydroxylation sites is 1. The molecule has 5 heteroatoms. The average Bonchev–Trinajstić information content (AvgIpc) is 2.88. The molecule has 3 rings (SSSR count). The van der Waals surface area contributed by atoms with Crippen LogP contribution in [-0.2, 0) is 6.42 Å². The molecule has 2 aromatic rings. The van der Waals surface area contributed by atoms with Crippen molar-refractivity contribution in [3.05, 3.63) is 60.3 Å². The van der Waals surface area contributed by atoms with Crippen LogP contribution in [0.3, 0.4) is 0 Å². The highest BCUT2D eigenvalue weighted by atomic mass is 16.2. The number of benzene rings is 1. The smallest absolute Gasteiger partial charge is 0.279 e. The number of aromatic nitrogens is 2. The molecule has 5 nitrogen and oxygen atoms in total. The summed E-state index contributed by atoms with van der Waals surface area (Å²) in [7, 11) is 0. The third-order valence-corrected chi connectivity index (χ3v) is 3.74. The van der Waals surface area contributed by atoms with E-state index in [2.05, 4.69) is 28.2 Å². The first-order chi connectivity index (χ1) is 10.7. The molecule has 1 aliphatic rings. The van der Waals surface area contributed by atoms with E-state index in [4.69, 9.17) is 0 Å². The summed E-state index contributed by atoms with van der Waals surface area (Å²) in [6.07, 6.45) is 2.61. The van der Waals surface area contributed by atoms with E-state index in [-0.39, 0.29) is 11.9 Å². The first-order valence-electron chi connectivity index (χ1n) is 7.30. The number of nitrogens with zero attached hydrogens (tertiary/aromatic N) is 3. The highest BCUT2D eigenvalue weighted by Crippen LogP contribution is 2.32. The maximum absolute atomic E-state index is 12.7. The molecule has 1 aliphatic heterocycles. The summed E-state index contributed by atoms with van der Waals surface area (Å²) in [5.41, 5.74) is 2.52. The quantitative estimate of drug-likeness (QED) is 0.881. The van der Waals surface area contributed by atoms with Crippen LogP contribution < -0.4 is 10.2 Å². The van der Waals surface area contributed by atoms with Crippen molar-refractivity contribution in [1.29, 1.82) is 0 Å². The van der Waals surface area contributed by atoms with Gasteiger partial charge in [-0.25, -0.2) is 0 Å². The van der Waals surface area contributed by atoms with Crippen molar-refractivity contribution < 1.29 is 4.79 Å². The van der Waals surface area contributed by atoms with Crippen molar-refractivity contribution in [1.82, 2.24) is 10.2 Å². The lowest BCUT2D eigenvalue weighted by molar-refractivity contribution is 0.0975. The van der Waals surface area contributed by atoms with E-state index in [0.717, 1.165) is 12.1 Å². The maximum Gasteiger partial charge on any atom is 0.279 e. The van der Waals surface area contributed by atoms with Crippen molar-refractivity contribution >= 4 is 17.4 Å². The number of fused-ring (bicyclic) bond motifs is 1. The molecule has 0 aliphatic carbocycles. The summed E-state index contributed by atoms with van der Waals surface area (Å²) in [5, 5.41) is 11.1. The van der Waals surface area contributed by atoms with Crippen molar-refractivity contribution in [2.24, 2.45) is 0 Å². The summed E-state index contributed by atoms with van der Waals surface area (Å²) in [5.74, 6) is 0.520. The predicted octanol–water partition coefficient (Wildman–Crippen LogP) is 2.67. The molecule has 0 fully saturated rings. The van der Waals surface area contributed by atoms with Gasteiger partial charge in [0.25, 0.3) is 5.91 Å². The average molecular weight is 294 g/mol. The van der Waals surface area contributed by atoms with Gasteiger partial charge in [-0.1, -0.05) is 24.3 Å². The Kier molecular flexibility index (Phi) is 3.87. The molecule has 2 heterocycles. The zero-order chi connectivity index (χ0) is 15.5. The van der Waals surface area contributed by atoms with Crippen molar-refractivity contribution in [3.8, 4) is 0 Å². The Morgan fingerprint density at radius 2 is 2.18 bits per heavy atom. The Labute approximate surface area is 129 Å². The molecule has 1 amide bonds. The normalized spacial score (nSPS) is 16.2. The van der Waals surface area contributed by atoms with E-state index in [1.807, 2.05) is 25.1 Å². The molecule has 0 spiro atoms. The molecule has 0 saturated heterocycles. The Morgan fingerprint density at radius 3 is 2.91 bits per heavy atom. The molecule has 1 N–H and O–H groups in total. The van der Waals surface area contributed by atoms with Crippen LogP contribution in [-0.4, -0.2) is 28.7 Å². The largest absolute Gasteiger partial charge is 0.365 e. The summed E-state index contributed by atoms with van der Waals surface area (Å²) >= 11 is 0.